The fourth-order valence-electron chi connectivity index (χ4n) is 3.68. The second-order valence-electron chi connectivity index (χ2n) is 9.18. The minimum Gasteiger partial charge on any atom is -0.495 e. The van der Waals surface area contributed by atoms with E-state index in [0.717, 1.165) is 5.56 Å². The number of halogens is 1. The number of benzene rings is 2. The summed E-state index contributed by atoms with van der Waals surface area (Å²) >= 11 is 6.15. The average molecular weight is 479 g/mol. The van der Waals surface area contributed by atoms with Gasteiger partial charge in [0.25, 0.3) is 5.56 Å². The first-order chi connectivity index (χ1) is 16.1. The molecule has 0 aliphatic carbocycles. The molecule has 6 nitrogen and oxygen atoms in total. The molecule has 0 radical (unpaired) electrons. The lowest BCUT2D eigenvalue weighted by Crippen LogP contribution is -2.33. The maximum Gasteiger partial charge on any atom is 0.329 e. The highest BCUT2D eigenvalue weighted by molar-refractivity contribution is 6.31. The van der Waals surface area contributed by atoms with Gasteiger partial charge < -0.3 is 9.47 Å². The number of pyridine rings is 1. The SMILES string of the molecule is COc1cn(C(CC(C)(C)C)C(=O)OCc2ccccc2)c(=O)cc1-c1cc(Cl)ccc1C#N. The number of nitrogens with zero attached hydrogens (tertiary/aromatic N) is 2. The van der Waals surface area contributed by atoms with Crippen molar-refractivity contribution in [1.82, 2.24) is 4.57 Å². The predicted molar refractivity (Wildman–Crippen MR) is 132 cm³/mol. The summed E-state index contributed by atoms with van der Waals surface area (Å²) in [4.78, 5) is 26.4. The van der Waals surface area contributed by atoms with Crippen molar-refractivity contribution < 1.29 is 14.3 Å². The van der Waals surface area contributed by atoms with Crippen molar-refractivity contribution in [3.63, 3.8) is 0 Å². The van der Waals surface area contributed by atoms with Gasteiger partial charge in [-0.15, -0.1) is 0 Å². The molecule has 0 fully saturated rings. The van der Waals surface area contributed by atoms with Crippen molar-refractivity contribution in [3.05, 3.63) is 87.3 Å². The van der Waals surface area contributed by atoms with Gasteiger partial charge in [0, 0.05) is 22.2 Å². The number of carbonyl (C=O) groups is 1. The van der Waals surface area contributed by atoms with Crippen LogP contribution in [0.15, 0.2) is 65.6 Å². The third-order valence-corrected chi connectivity index (χ3v) is 5.53. The lowest BCUT2D eigenvalue weighted by molar-refractivity contribution is -0.150. The van der Waals surface area contributed by atoms with Crippen LogP contribution in [0.5, 0.6) is 5.75 Å². The Morgan fingerprint density at radius 3 is 2.44 bits per heavy atom. The van der Waals surface area contributed by atoms with E-state index in [-0.39, 0.29) is 12.0 Å². The van der Waals surface area contributed by atoms with Gasteiger partial charge >= 0.3 is 5.97 Å². The second kappa shape index (κ2) is 10.6. The number of hydrogen-bond donors (Lipinski definition) is 0. The van der Waals surface area contributed by atoms with E-state index in [0.29, 0.717) is 33.9 Å². The molecule has 3 rings (SSSR count). The maximum atomic E-state index is 13.3. The van der Waals surface area contributed by atoms with Crippen molar-refractivity contribution in [3.8, 4) is 22.9 Å². The van der Waals surface area contributed by atoms with Gasteiger partial charge in [-0.3, -0.25) is 9.36 Å². The number of ether oxygens (including phenoxy) is 2. The predicted octanol–water partition coefficient (Wildman–Crippen LogP) is 5.77. The van der Waals surface area contributed by atoms with Crippen LogP contribution in [-0.2, 0) is 16.1 Å². The highest BCUT2D eigenvalue weighted by Gasteiger charge is 2.30. The second-order valence-corrected chi connectivity index (χ2v) is 9.61. The summed E-state index contributed by atoms with van der Waals surface area (Å²) in [5.41, 5.74) is 1.45. The van der Waals surface area contributed by atoms with Crippen molar-refractivity contribution in [2.45, 2.75) is 39.8 Å². The number of aromatic nitrogens is 1. The fraction of sp³-hybridized carbons (Fsp3) is 0.296. The van der Waals surface area contributed by atoms with E-state index in [1.165, 1.54) is 23.9 Å². The third-order valence-electron chi connectivity index (χ3n) is 5.29. The van der Waals surface area contributed by atoms with Gasteiger partial charge in [0.15, 0.2) is 0 Å². The zero-order valence-corrected chi connectivity index (χ0v) is 20.4. The Kier molecular flexibility index (Phi) is 7.80. The summed E-state index contributed by atoms with van der Waals surface area (Å²) in [5, 5.41) is 9.95. The Hall–Kier alpha value is -3.56. The van der Waals surface area contributed by atoms with E-state index in [9.17, 15) is 14.9 Å². The fourth-order valence-corrected chi connectivity index (χ4v) is 3.85. The Bertz CT molecular complexity index is 1270. The minimum atomic E-state index is -0.853. The van der Waals surface area contributed by atoms with E-state index in [1.807, 2.05) is 51.1 Å². The van der Waals surface area contributed by atoms with Gasteiger partial charge in [-0.1, -0.05) is 62.7 Å². The smallest absolute Gasteiger partial charge is 0.329 e. The first kappa shape index (κ1) is 25.1. The van der Waals surface area contributed by atoms with Crippen LogP contribution in [-0.4, -0.2) is 17.6 Å². The van der Waals surface area contributed by atoms with Gasteiger partial charge in [0.1, 0.15) is 18.4 Å². The zero-order chi connectivity index (χ0) is 24.9. The van der Waals surface area contributed by atoms with Crippen LogP contribution in [0.3, 0.4) is 0 Å². The van der Waals surface area contributed by atoms with Gasteiger partial charge in [-0.25, -0.2) is 4.79 Å². The standard InChI is InChI=1S/C27H27ClN2O4/c1-27(2,3)14-23(26(32)34-17-18-8-6-5-7-9-18)30-16-24(33-4)22(13-25(30)31)21-12-20(28)11-10-19(21)15-29/h5-13,16,23H,14,17H2,1-4H3. The molecular formula is C27H27ClN2O4. The molecule has 0 aliphatic heterocycles. The molecule has 176 valence electrons. The summed E-state index contributed by atoms with van der Waals surface area (Å²) in [5.74, 6) is -0.163. The van der Waals surface area contributed by atoms with Crippen molar-refractivity contribution in [2.24, 2.45) is 5.41 Å². The Labute approximate surface area is 204 Å². The largest absolute Gasteiger partial charge is 0.495 e. The van der Waals surface area contributed by atoms with Crippen LogP contribution in [0, 0.1) is 16.7 Å². The molecule has 1 atom stereocenters. The number of esters is 1. The molecule has 0 saturated carbocycles. The van der Waals surface area contributed by atoms with E-state index in [2.05, 4.69) is 6.07 Å². The van der Waals surface area contributed by atoms with Crippen LogP contribution in [0.25, 0.3) is 11.1 Å². The molecule has 0 spiro atoms. The summed E-state index contributed by atoms with van der Waals surface area (Å²) < 4.78 is 12.5. The highest BCUT2D eigenvalue weighted by atomic mass is 35.5. The lowest BCUT2D eigenvalue weighted by atomic mass is 9.88. The molecular weight excluding hydrogens is 452 g/mol. The maximum absolute atomic E-state index is 13.3. The van der Waals surface area contributed by atoms with Crippen LogP contribution in [0.2, 0.25) is 5.02 Å². The Balaban J connectivity index is 2.04. The van der Waals surface area contributed by atoms with Crippen molar-refractivity contribution in [2.75, 3.05) is 7.11 Å². The van der Waals surface area contributed by atoms with Gasteiger partial charge in [0.05, 0.1) is 24.9 Å². The molecule has 34 heavy (non-hydrogen) atoms. The van der Waals surface area contributed by atoms with E-state index in [4.69, 9.17) is 21.1 Å². The van der Waals surface area contributed by atoms with E-state index >= 15 is 0 Å². The lowest BCUT2D eigenvalue weighted by Gasteiger charge is -2.27. The molecule has 0 amide bonds. The molecule has 1 aromatic heterocycles. The molecule has 3 aromatic rings. The van der Waals surface area contributed by atoms with E-state index < -0.39 is 17.6 Å². The quantitative estimate of drug-likeness (QED) is 0.402. The molecule has 0 aliphatic rings. The van der Waals surface area contributed by atoms with E-state index in [1.54, 1.807) is 18.2 Å². The van der Waals surface area contributed by atoms with Crippen LogP contribution < -0.4 is 10.3 Å². The first-order valence-corrected chi connectivity index (χ1v) is 11.2. The third kappa shape index (κ3) is 6.06. The van der Waals surface area contributed by atoms with Crippen LogP contribution in [0.4, 0.5) is 0 Å². The van der Waals surface area contributed by atoms with Crippen molar-refractivity contribution in [1.29, 1.82) is 5.26 Å². The summed E-state index contributed by atoms with van der Waals surface area (Å²) in [6, 6.07) is 16.8. The number of carbonyl (C=O) groups excluding carboxylic acids is 1. The van der Waals surface area contributed by atoms with Crippen LogP contribution in [0.1, 0.15) is 44.4 Å². The van der Waals surface area contributed by atoms with Gasteiger partial charge in [-0.2, -0.15) is 5.26 Å². The average Bonchev–Trinajstić information content (AvgIpc) is 2.81. The van der Waals surface area contributed by atoms with Crippen molar-refractivity contribution >= 4 is 17.6 Å². The number of methoxy groups -OCH3 is 1. The molecule has 1 unspecified atom stereocenters. The number of rotatable bonds is 7. The normalized spacial score (nSPS) is 12.0. The topological polar surface area (TPSA) is 81.3 Å². The molecule has 2 aromatic carbocycles. The Morgan fingerprint density at radius 1 is 1.12 bits per heavy atom. The number of hydrogen-bond acceptors (Lipinski definition) is 5. The summed E-state index contributed by atoms with van der Waals surface area (Å²) in [6.45, 7) is 6.09. The molecule has 7 heteroatoms. The van der Waals surface area contributed by atoms with Gasteiger partial charge in [-0.05, 0) is 35.6 Å². The molecule has 1 heterocycles. The van der Waals surface area contributed by atoms with Crippen LogP contribution >= 0.6 is 11.6 Å². The minimum absolute atomic E-state index is 0.109. The number of nitriles is 1. The Morgan fingerprint density at radius 2 is 1.82 bits per heavy atom. The summed E-state index contributed by atoms with van der Waals surface area (Å²) in [6.07, 6.45) is 1.88. The molecule has 0 N–H and O–H groups in total. The molecule has 0 bridgehead atoms. The van der Waals surface area contributed by atoms with Gasteiger partial charge in [0.2, 0.25) is 0 Å². The monoisotopic (exact) mass is 478 g/mol. The first-order valence-electron chi connectivity index (χ1n) is 10.8. The summed E-state index contributed by atoms with van der Waals surface area (Å²) in [7, 11) is 1.47. The molecule has 0 saturated heterocycles. The zero-order valence-electron chi connectivity index (χ0n) is 19.7. The highest BCUT2D eigenvalue weighted by Crippen LogP contribution is 2.35.